The second kappa shape index (κ2) is 3.10. The van der Waals surface area contributed by atoms with Gasteiger partial charge in [0.05, 0.1) is 24.3 Å². The number of hydrogen-bond donors (Lipinski definition) is 0. The minimum atomic E-state index is 0.438. The van der Waals surface area contributed by atoms with Crippen molar-refractivity contribution in [1.29, 1.82) is 0 Å². The summed E-state index contributed by atoms with van der Waals surface area (Å²) >= 11 is 0. The number of pyridine rings is 1. The van der Waals surface area contributed by atoms with Crippen LogP contribution in [0, 0.1) is 0 Å². The lowest BCUT2D eigenvalue weighted by atomic mass is 10.2. The Morgan fingerprint density at radius 3 is 2.93 bits per heavy atom. The third-order valence-electron chi connectivity index (χ3n) is 2.07. The van der Waals surface area contributed by atoms with Crippen molar-refractivity contribution >= 4 is 17.3 Å². The SMILES string of the molecule is COc1c(C=O)cnc2c1cnn2C. The molecule has 0 saturated carbocycles. The molecule has 5 heteroatoms. The van der Waals surface area contributed by atoms with E-state index in [1.54, 1.807) is 17.9 Å². The fourth-order valence-electron chi connectivity index (χ4n) is 1.40. The lowest BCUT2D eigenvalue weighted by molar-refractivity contribution is 0.112. The van der Waals surface area contributed by atoms with Crippen LogP contribution in [0.4, 0.5) is 0 Å². The van der Waals surface area contributed by atoms with Crippen molar-refractivity contribution in [1.82, 2.24) is 14.8 Å². The molecule has 0 N–H and O–H groups in total. The molecule has 0 spiro atoms. The molecule has 2 aromatic rings. The van der Waals surface area contributed by atoms with Gasteiger partial charge < -0.3 is 4.74 Å². The summed E-state index contributed by atoms with van der Waals surface area (Å²) in [7, 11) is 3.31. The molecule has 0 aliphatic carbocycles. The second-order valence-corrected chi connectivity index (χ2v) is 2.87. The molecule has 0 aromatic carbocycles. The minimum absolute atomic E-state index is 0.438. The van der Waals surface area contributed by atoms with Crippen molar-refractivity contribution in [2.24, 2.45) is 7.05 Å². The number of rotatable bonds is 2. The molecular formula is C9H9N3O2. The van der Waals surface area contributed by atoms with E-state index >= 15 is 0 Å². The van der Waals surface area contributed by atoms with Gasteiger partial charge in [-0.05, 0) is 0 Å². The molecule has 72 valence electrons. The van der Waals surface area contributed by atoms with Crippen LogP contribution in [0.2, 0.25) is 0 Å². The number of ether oxygens (including phenoxy) is 1. The number of aromatic nitrogens is 3. The van der Waals surface area contributed by atoms with Gasteiger partial charge in [0.1, 0.15) is 5.75 Å². The molecule has 0 unspecified atom stereocenters. The Kier molecular flexibility index (Phi) is 1.92. The maximum Gasteiger partial charge on any atom is 0.161 e. The monoisotopic (exact) mass is 191 g/mol. The average molecular weight is 191 g/mol. The summed E-state index contributed by atoms with van der Waals surface area (Å²) in [5.74, 6) is 0.526. The number of nitrogens with zero attached hydrogens (tertiary/aromatic N) is 3. The van der Waals surface area contributed by atoms with Crippen LogP contribution in [0.5, 0.6) is 5.75 Å². The lowest BCUT2D eigenvalue weighted by Gasteiger charge is -2.03. The van der Waals surface area contributed by atoms with E-state index in [0.29, 0.717) is 17.0 Å². The molecule has 0 saturated heterocycles. The van der Waals surface area contributed by atoms with E-state index in [2.05, 4.69) is 10.1 Å². The van der Waals surface area contributed by atoms with Gasteiger partial charge in [-0.3, -0.25) is 9.48 Å². The van der Waals surface area contributed by atoms with E-state index in [4.69, 9.17) is 4.74 Å². The number of aryl methyl sites for hydroxylation is 1. The fraction of sp³-hybridized carbons (Fsp3) is 0.222. The zero-order valence-corrected chi connectivity index (χ0v) is 7.89. The number of carbonyl (C=O) groups is 1. The second-order valence-electron chi connectivity index (χ2n) is 2.87. The van der Waals surface area contributed by atoms with E-state index in [9.17, 15) is 4.79 Å². The van der Waals surface area contributed by atoms with Crippen molar-refractivity contribution in [2.45, 2.75) is 0 Å². The van der Waals surface area contributed by atoms with Crippen LogP contribution in [-0.4, -0.2) is 28.2 Å². The standard InChI is InChI=1S/C9H9N3O2/c1-12-9-7(4-11-12)8(14-2)6(5-13)3-10-9/h3-5H,1-2H3. The van der Waals surface area contributed by atoms with E-state index in [1.165, 1.54) is 13.3 Å². The minimum Gasteiger partial charge on any atom is -0.495 e. The predicted molar refractivity (Wildman–Crippen MR) is 50.4 cm³/mol. The predicted octanol–water partition coefficient (Wildman–Crippen LogP) is 0.789. The van der Waals surface area contributed by atoms with Crippen LogP contribution in [0.3, 0.4) is 0 Å². The summed E-state index contributed by atoms with van der Waals surface area (Å²) in [4.78, 5) is 14.8. The van der Waals surface area contributed by atoms with Crippen molar-refractivity contribution in [2.75, 3.05) is 7.11 Å². The molecule has 0 atom stereocenters. The Bertz CT molecular complexity index is 490. The molecule has 0 aliphatic heterocycles. The zero-order valence-electron chi connectivity index (χ0n) is 7.89. The Labute approximate surface area is 80.3 Å². The fourth-order valence-corrected chi connectivity index (χ4v) is 1.40. The van der Waals surface area contributed by atoms with Crippen molar-refractivity contribution in [3.63, 3.8) is 0 Å². The number of carbonyl (C=O) groups excluding carboxylic acids is 1. The first-order valence-corrected chi connectivity index (χ1v) is 4.07. The molecule has 0 bridgehead atoms. The third kappa shape index (κ3) is 1.06. The summed E-state index contributed by atoms with van der Waals surface area (Å²) in [6.07, 6.45) is 3.84. The maximum absolute atomic E-state index is 10.7. The summed E-state index contributed by atoms with van der Waals surface area (Å²) in [5.41, 5.74) is 1.14. The first kappa shape index (κ1) is 8.68. The summed E-state index contributed by atoms with van der Waals surface area (Å²) < 4.78 is 6.77. The molecule has 5 nitrogen and oxygen atoms in total. The summed E-state index contributed by atoms with van der Waals surface area (Å²) in [6, 6.07) is 0. The summed E-state index contributed by atoms with van der Waals surface area (Å²) in [5, 5.41) is 4.79. The Balaban J connectivity index is 2.84. The van der Waals surface area contributed by atoms with Gasteiger partial charge in [-0.2, -0.15) is 5.10 Å². The number of hydrogen-bond acceptors (Lipinski definition) is 4. The Morgan fingerprint density at radius 1 is 1.50 bits per heavy atom. The molecule has 0 radical (unpaired) electrons. The highest BCUT2D eigenvalue weighted by Gasteiger charge is 2.11. The quantitative estimate of drug-likeness (QED) is 0.658. The van der Waals surface area contributed by atoms with E-state index in [1.807, 2.05) is 0 Å². The normalized spacial score (nSPS) is 10.4. The van der Waals surface area contributed by atoms with Gasteiger partial charge in [-0.1, -0.05) is 0 Å². The lowest BCUT2D eigenvalue weighted by Crippen LogP contribution is -1.95. The molecule has 2 heterocycles. The average Bonchev–Trinajstić information content (AvgIpc) is 2.59. The van der Waals surface area contributed by atoms with Gasteiger partial charge in [0.15, 0.2) is 11.9 Å². The van der Waals surface area contributed by atoms with Crippen LogP contribution < -0.4 is 4.74 Å². The molecule has 14 heavy (non-hydrogen) atoms. The van der Waals surface area contributed by atoms with Crippen LogP contribution in [-0.2, 0) is 7.05 Å². The number of fused-ring (bicyclic) bond motifs is 1. The largest absolute Gasteiger partial charge is 0.495 e. The first-order valence-electron chi connectivity index (χ1n) is 4.07. The molecule has 0 aliphatic rings. The molecule has 2 aromatic heterocycles. The van der Waals surface area contributed by atoms with Gasteiger partial charge in [0.25, 0.3) is 0 Å². The summed E-state index contributed by atoms with van der Waals surface area (Å²) in [6.45, 7) is 0. The highest BCUT2D eigenvalue weighted by Crippen LogP contribution is 2.26. The van der Waals surface area contributed by atoms with Gasteiger partial charge >= 0.3 is 0 Å². The van der Waals surface area contributed by atoms with Gasteiger partial charge in [0.2, 0.25) is 0 Å². The molecular weight excluding hydrogens is 182 g/mol. The first-order chi connectivity index (χ1) is 6.77. The van der Waals surface area contributed by atoms with Crippen LogP contribution >= 0.6 is 0 Å². The van der Waals surface area contributed by atoms with E-state index in [0.717, 1.165) is 11.7 Å². The Hall–Kier alpha value is -1.91. The molecule has 0 amide bonds. The zero-order chi connectivity index (χ0) is 10.1. The number of methoxy groups -OCH3 is 1. The van der Waals surface area contributed by atoms with E-state index in [-0.39, 0.29) is 0 Å². The highest BCUT2D eigenvalue weighted by molar-refractivity contribution is 5.91. The third-order valence-corrected chi connectivity index (χ3v) is 2.07. The Morgan fingerprint density at radius 2 is 2.29 bits per heavy atom. The molecule has 2 rings (SSSR count). The maximum atomic E-state index is 10.7. The van der Waals surface area contributed by atoms with Gasteiger partial charge in [-0.25, -0.2) is 4.98 Å². The smallest absolute Gasteiger partial charge is 0.161 e. The highest BCUT2D eigenvalue weighted by atomic mass is 16.5. The van der Waals surface area contributed by atoms with Crippen molar-refractivity contribution in [3.05, 3.63) is 18.0 Å². The van der Waals surface area contributed by atoms with Crippen molar-refractivity contribution < 1.29 is 9.53 Å². The van der Waals surface area contributed by atoms with Crippen LogP contribution in [0.25, 0.3) is 11.0 Å². The van der Waals surface area contributed by atoms with Crippen LogP contribution in [0.15, 0.2) is 12.4 Å². The molecule has 0 fully saturated rings. The van der Waals surface area contributed by atoms with Gasteiger partial charge in [-0.15, -0.1) is 0 Å². The number of aldehydes is 1. The van der Waals surface area contributed by atoms with Crippen LogP contribution in [0.1, 0.15) is 10.4 Å². The van der Waals surface area contributed by atoms with Crippen molar-refractivity contribution in [3.8, 4) is 5.75 Å². The van der Waals surface area contributed by atoms with E-state index < -0.39 is 0 Å². The van der Waals surface area contributed by atoms with Gasteiger partial charge in [0, 0.05) is 13.2 Å². The topological polar surface area (TPSA) is 57.0 Å².